The van der Waals surface area contributed by atoms with Gasteiger partial charge in [0, 0.05) is 24.5 Å². The molecule has 1 fully saturated rings. The fourth-order valence-corrected chi connectivity index (χ4v) is 2.04. The lowest BCUT2D eigenvalue weighted by atomic mass is 10.2. The summed E-state index contributed by atoms with van der Waals surface area (Å²) in [7, 11) is 0. The molecular weight excluding hydrogens is 218 g/mol. The number of hydrogen-bond acceptors (Lipinski definition) is 3. The number of nitrogens with one attached hydrogen (secondary N) is 1. The van der Waals surface area contributed by atoms with E-state index in [1.165, 1.54) is 0 Å². The molecule has 3 rings (SSSR count). The molecule has 1 aliphatic heterocycles. The second-order valence-corrected chi connectivity index (χ2v) is 4.18. The molecule has 0 saturated carbocycles. The largest absolute Gasteiger partial charge is 0.415 e. The van der Waals surface area contributed by atoms with Gasteiger partial charge in [-0.05, 0) is 25.0 Å². The van der Waals surface area contributed by atoms with E-state index in [9.17, 15) is 4.79 Å². The van der Waals surface area contributed by atoms with Gasteiger partial charge in [0.1, 0.15) is 5.75 Å². The first-order valence-corrected chi connectivity index (χ1v) is 5.73. The van der Waals surface area contributed by atoms with Gasteiger partial charge in [-0.2, -0.15) is 5.10 Å². The van der Waals surface area contributed by atoms with Crippen LogP contribution in [0.1, 0.15) is 12.8 Å². The van der Waals surface area contributed by atoms with Crippen molar-refractivity contribution in [2.45, 2.75) is 12.8 Å². The molecule has 2 heterocycles. The maximum Gasteiger partial charge on any atom is 0.415 e. The van der Waals surface area contributed by atoms with Crippen LogP contribution in [0.4, 0.5) is 4.79 Å². The Hall–Kier alpha value is -2.04. The number of nitrogens with zero attached hydrogens (tertiary/aromatic N) is 2. The number of hydrogen-bond donors (Lipinski definition) is 1. The monoisotopic (exact) mass is 231 g/mol. The molecule has 1 aliphatic rings. The molecule has 1 aromatic carbocycles. The summed E-state index contributed by atoms with van der Waals surface area (Å²) in [6, 6.07) is 5.45. The van der Waals surface area contributed by atoms with Gasteiger partial charge in [0.05, 0.1) is 11.7 Å². The van der Waals surface area contributed by atoms with Gasteiger partial charge in [0.25, 0.3) is 0 Å². The molecule has 0 atom stereocenters. The van der Waals surface area contributed by atoms with E-state index < -0.39 is 0 Å². The van der Waals surface area contributed by atoms with Gasteiger partial charge in [-0.3, -0.25) is 5.10 Å². The van der Waals surface area contributed by atoms with Crippen molar-refractivity contribution in [2.24, 2.45) is 0 Å². The Morgan fingerprint density at radius 3 is 3.00 bits per heavy atom. The molecule has 0 bridgehead atoms. The summed E-state index contributed by atoms with van der Waals surface area (Å²) in [5.41, 5.74) is 0.872. The Kier molecular flexibility index (Phi) is 2.44. The standard InChI is InChI=1S/C12H13N3O2/c16-12(15-5-1-2-6-15)17-10-4-3-9-8-13-14-11(9)7-10/h3-4,7-8H,1-2,5-6H2,(H,13,14). The predicted octanol–water partition coefficient (Wildman–Crippen LogP) is 2.16. The highest BCUT2D eigenvalue weighted by Crippen LogP contribution is 2.20. The molecule has 17 heavy (non-hydrogen) atoms. The predicted molar refractivity (Wildman–Crippen MR) is 62.9 cm³/mol. The van der Waals surface area contributed by atoms with Gasteiger partial charge in [-0.15, -0.1) is 0 Å². The zero-order valence-electron chi connectivity index (χ0n) is 9.35. The molecule has 5 heteroatoms. The molecule has 1 aromatic heterocycles. The lowest BCUT2D eigenvalue weighted by molar-refractivity contribution is 0.163. The van der Waals surface area contributed by atoms with Crippen LogP contribution in [-0.4, -0.2) is 34.3 Å². The fourth-order valence-electron chi connectivity index (χ4n) is 2.04. The SMILES string of the molecule is O=C(Oc1ccc2cn[nH]c2c1)N1CCCC1. The third-order valence-corrected chi connectivity index (χ3v) is 2.98. The average Bonchev–Trinajstić information content (AvgIpc) is 2.99. The van der Waals surface area contributed by atoms with Crippen LogP contribution in [0.15, 0.2) is 24.4 Å². The summed E-state index contributed by atoms with van der Waals surface area (Å²) in [6.07, 6.45) is 3.60. The summed E-state index contributed by atoms with van der Waals surface area (Å²) in [4.78, 5) is 13.5. The van der Waals surface area contributed by atoms with Crippen molar-refractivity contribution in [3.63, 3.8) is 0 Å². The first-order valence-electron chi connectivity index (χ1n) is 5.73. The Morgan fingerprint density at radius 1 is 1.35 bits per heavy atom. The van der Waals surface area contributed by atoms with Crippen molar-refractivity contribution in [1.82, 2.24) is 15.1 Å². The normalized spacial score (nSPS) is 15.4. The van der Waals surface area contributed by atoms with E-state index in [2.05, 4.69) is 10.2 Å². The zero-order valence-corrected chi connectivity index (χ0v) is 9.35. The van der Waals surface area contributed by atoms with Crippen LogP contribution < -0.4 is 4.74 Å². The molecule has 0 unspecified atom stereocenters. The molecular formula is C12H13N3O2. The van der Waals surface area contributed by atoms with Crippen LogP contribution in [0.3, 0.4) is 0 Å². The molecule has 1 saturated heterocycles. The maximum absolute atomic E-state index is 11.8. The highest BCUT2D eigenvalue weighted by atomic mass is 16.6. The minimum Gasteiger partial charge on any atom is -0.410 e. The number of H-pyrrole nitrogens is 1. The van der Waals surface area contributed by atoms with Crippen LogP contribution in [0, 0.1) is 0 Å². The van der Waals surface area contributed by atoms with Crippen LogP contribution in [0.2, 0.25) is 0 Å². The first-order chi connectivity index (χ1) is 8.33. The highest BCUT2D eigenvalue weighted by molar-refractivity contribution is 5.80. The van der Waals surface area contributed by atoms with E-state index in [1.807, 2.05) is 6.07 Å². The van der Waals surface area contributed by atoms with Crippen molar-refractivity contribution in [3.8, 4) is 5.75 Å². The Bertz CT molecular complexity index is 543. The highest BCUT2D eigenvalue weighted by Gasteiger charge is 2.19. The van der Waals surface area contributed by atoms with Crippen molar-refractivity contribution < 1.29 is 9.53 Å². The number of carbonyl (C=O) groups is 1. The summed E-state index contributed by atoms with van der Waals surface area (Å²) in [6.45, 7) is 1.59. The van der Waals surface area contributed by atoms with Crippen molar-refractivity contribution in [1.29, 1.82) is 0 Å². The van der Waals surface area contributed by atoms with Crippen molar-refractivity contribution in [3.05, 3.63) is 24.4 Å². The zero-order chi connectivity index (χ0) is 11.7. The molecule has 2 aromatic rings. The summed E-state index contributed by atoms with van der Waals surface area (Å²) < 4.78 is 5.32. The molecule has 0 radical (unpaired) electrons. The van der Waals surface area contributed by atoms with Gasteiger partial charge in [-0.1, -0.05) is 0 Å². The number of aromatic nitrogens is 2. The molecule has 5 nitrogen and oxygen atoms in total. The summed E-state index contributed by atoms with van der Waals surface area (Å²) >= 11 is 0. The topological polar surface area (TPSA) is 58.2 Å². The molecule has 88 valence electrons. The second-order valence-electron chi connectivity index (χ2n) is 4.18. The average molecular weight is 231 g/mol. The first kappa shape index (κ1) is 10.1. The quantitative estimate of drug-likeness (QED) is 0.818. The minimum atomic E-state index is -0.263. The molecule has 0 spiro atoms. The number of likely N-dealkylation sites (tertiary alicyclic amines) is 1. The number of aromatic amines is 1. The van der Waals surface area contributed by atoms with Crippen LogP contribution in [-0.2, 0) is 0 Å². The summed E-state index contributed by atoms with van der Waals surface area (Å²) in [5, 5.41) is 7.78. The summed E-state index contributed by atoms with van der Waals surface area (Å²) in [5.74, 6) is 0.554. The van der Waals surface area contributed by atoms with E-state index in [0.717, 1.165) is 36.8 Å². The van der Waals surface area contributed by atoms with Crippen molar-refractivity contribution >= 4 is 17.0 Å². The number of rotatable bonds is 1. The third kappa shape index (κ3) is 1.95. The van der Waals surface area contributed by atoms with Crippen LogP contribution >= 0.6 is 0 Å². The Labute approximate surface area is 98.4 Å². The third-order valence-electron chi connectivity index (χ3n) is 2.98. The number of carbonyl (C=O) groups excluding carboxylic acids is 1. The van der Waals surface area contributed by atoms with E-state index in [0.29, 0.717) is 5.75 Å². The smallest absolute Gasteiger partial charge is 0.410 e. The van der Waals surface area contributed by atoms with Crippen molar-refractivity contribution in [2.75, 3.05) is 13.1 Å². The Morgan fingerprint density at radius 2 is 2.18 bits per heavy atom. The fraction of sp³-hybridized carbons (Fsp3) is 0.333. The molecule has 0 aliphatic carbocycles. The van der Waals surface area contributed by atoms with Gasteiger partial charge in [-0.25, -0.2) is 4.79 Å². The number of ether oxygens (including phenoxy) is 1. The van der Waals surface area contributed by atoms with E-state index in [-0.39, 0.29) is 6.09 Å². The molecule has 1 amide bonds. The lowest BCUT2D eigenvalue weighted by Gasteiger charge is -2.14. The maximum atomic E-state index is 11.8. The van der Waals surface area contributed by atoms with Gasteiger partial charge in [0.2, 0.25) is 0 Å². The number of fused-ring (bicyclic) bond motifs is 1. The van der Waals surface area contributed by atoms with E-state index in [4.69, 9.17) is 4.74 Å². The van der Waals surface area contributed by atoms with Gasteiger partial charge in [0.15, 0.2) is 0 Å². The second kappa shape index (κ2) is 4.08. The van der Waals surface area contributed by atoms with Gasteiger partial charge >= 0.3 is 6.09 Å². The van der Waals surface area contributed by atoms with Crippen LogP contribution in [0.25, 0.3) is 10.9 Å². The Balaban J connectivity index is 1.77. The van der Waals surface area contributed by atoms with E-state index >= 15 is 0 Å². The minimum absolute atomic E-state index is 0.263. The number of amides is 1. The lowest BCUT2D eigenvalue weighted by Crippen LogP contribution is -2.30. The number of benzene rings is 1. The van der Waals surface area contributed by atoms with E-state index in [1.54, 1.807) is 23.2 Å². The van der Waals surface area contributed by atoms with Gasteiger partial charge < -0.3 is 9.64 Å². The van der Waals surface area contributed by atoms with Crippen LogP contribution in [0.5, 0.6) is 5.75 Å². The molecule has 1 N–H and O–H groups in total.